The Kier molecular flexibility index (Phi) is 5.91. The van der Waals surface area contributed by atoms with Crippen LogP contribution in [0.1, 0.15) is 17.4 Å². The van der Waals surface area contributed by atoms with Gasteiger partial charge in [-0.25, -0.2) is 0 Å². The number of hydrogen-bond acceptors (Lipinski definition) is 7. The van der Waals surface area contributed by atoms with Crippen LogP contribution in [0.25, 0.3) is 0 Å². The van der Waals surface area contributed by atoms with Gasteiger partial charge < -0.3 is 29.2 Å². The lowest BCUT2D eigenvalue weighted by molar-refractivity contribution is -0.318. The molecule has 0 radical (unpaired) electrons. The van der Waals surface area contributed by atoms with Gasteiger partial charge in [-0.3, -0.25) is 0 Å². The van der Waals surface area contributed by atoms with Crippen molar-refractivity contribution in [2.24, 2.45) is 0 Å². The number of rotatable bonds is 4. The Morgan fingerprint density at radius 1 is 0.964 bits per heavy atom. The fourth-order valence-electron chi connectivity index (χ4n) is 3.36. The van der Waals surface area contributed by atoms with Crippen LogP contribution in [-0.2, 0) is 14.2 Å². The number of fused-ring (bicyclic) bond motifs is 1. The fraction of sp³-hybridized carbons (Fsp3) is 0.429. The Balaban J connectivity index is 1.43. The zero-order chi connectivity index (χ0) is 19.7. The number of ether oxygens (including phenoxy) is 4. The molecule has 1 unspecified atom stereocenters. The van der Waals surface area contributed by atoms with E-state index < -0.39 is 36.1 Å². The van der Waals surface area contributed by atoms with Gasteiger partial charge in [-0.15, -0.1) is 0 Å². The molecule has 7 heteroatoms. The van der Waals surface area contributed by atoms with E-state index in [1.165, 1.54) is 11.8 Å². The molecule has 2 aromatic carbocycles. The highest BCUT2D eigenvalue weighted by Crippen LogP contribution is 2.39. The first-order valence-corrected chi connectivity index (χ1v) is 10.1. The van der Waals surface area contributed by atoms with Crippen molar-refractivity contribution in [3.05, 3.63) is 59.7 Å². The molecule has 0 saturated carbocycles. The smallest absolute Gasteiger partial charge is 0.184 e. The highest BCUT2D eigenvalue weighted by molar-refractivity contribution is 7.99. The van der Waals surface area contributed by atoms with Crippen LogP contribution in [0.4, 0.5) is 0 Å². The highest BCUT2D eigenvalue weighted by Gasteiger charge is 2.49. The maximum Gasteiger partial charge on any atom is 0.184 e. The first-order chi connectivity index (χ1) is 13.5. The summed E-state index contributed by atoms with van der Waals surface area (Å²) in [6.07, 6.45) is -3.87. The summed E-state index contributed by atoms with van der Waals surface area (Å²) >= 11 is 1.38. The molecule has 2 heterocycles. The molecule has 0 bridgehead atoms. The van der Waals surface area contributed by atoms with Crippen molar-refractivity contribution in [3.63, 3.8) is 0 Å². The normalized spacial score (nSPS) is 32.6. The third-order valence-corrected chi connectivity index (χ3v) is 6.16. The zero-order valence-corrected chi connectivity index (χ0v) is 16.5. The molecule has 2 aliphatic heterocycles. The van der Waals surface area contributed by atoms with Crippen LogP contribution in [-0.4, -0.2) is 53.8 Å². The van der Waals surface area contributed by atoms with E-state index in [-0.39, 0.29) is 6.61 Å². The van der Waals surface area contributed by atoms with E-state index in [1.807, 2.05) is 55.5 Å². The molecule has 2 aliphatic rings. The van der Waals surface area contributed by atoms with Crippen molar-refractivity contribution in [2.45, 2.75) is 48.0 Å². The Morgan fingerprint density at radius 2 is 1.68 bits per heavy atom. The van der Waals surface area contributed by atoms with Crippen LogP contribution in [0.3, 0.4) is 0 Å². The van der Waals surface area contributed by atoms with Crippen molar-refractivity contribution in [2.75, 3.05) is 13.7 Å². The van der Waals surface area contributed by atoms with Gasteiger partial charge in [0.25, 0.3) is 0 Å². The predicted octanol–water partition coefficient (Wildman–Crippen LogP) is 2.66. The maximum absolute atomic E-state index is 10.7. The molecule has 2 aromatic rings. The van der Waals surface area contributed by atoms with Crippen LogP contribution < -0.4 is 4.74 Å². The van der Waals surface area contributed by atoms with E-state index >= 15 is 0 Å². The van der Waals surface area contributed by atoms with Gasteiger partial charge in [0, 0.05) is 10.5 Å². The second-order valence-electron chi connectivity index (χ2n) is 6.99. The molecule has 2 saturated heterocycles. The van der Waals surface area contributed by atoms with Crippen molar-refractivity contribution in [3.8, 4) is 5.75 Å². The molecule has 4 rings (SSSR count). The van der Waals surface area contributed by atoms with Crippen molar-refractivity contribution in [1.82, 2.24) is 0 Å². The van der Waals surface area contributed by atoms with E-state index in [0.29, 0.717) is 0 Å². The summed E-state index contributed by atoms with van der Waals surface area (Å²) in [7, 11) is 1.61. The molecule has 2 fully saturated rings. The van der Waals surface area contributed by atoms with Crippen LogP contribution >= 0.6 is 11.8 Å². The summed E-state index contributed by atoms with van der Waals surface area (Å²) in [4.78, 5) is 0.967. The Bertz CT molecular complexity index is 778. The minimum atomic E-state index is -1.07. The molecule has 0 aromatic heterocycles. The van der Waals surface area contributed by atoms with E-state index in [9.17, 15) is 10.2 Å². The molecule has 0 amide bonds. The van der Waals surface area contributed by atoms with Gasteiger partial charge in [0.2, 0.25) is 0 Å². The standard InChI is InChI=1S/C21H24O6S/c1-12-3-9-15(10-4-12)28-21-18(23)17(22)19-16(26-21)11-25-20(27-19)13-5-7-14(24-2)8-6-13/h3-10,16-23H,11H2,1-2H3/t16-,17-,18-,19-,20?,21+/m1/s1. The lowest BCUT2D eigenvalue weighted by atomic mass is 9.99. The first-order valence-electron chi connectivity index (χ1n) is 9.21. The molecule has 150 valence electrons. The van der Waals surface area contributed by atoms with Gasteiger partial charge in [-0.05, 0) is 31.2 Å². The van der Waals surface area contributed by atoms with Crippen molar-refractivity contribution < 1.29 is 29.2 Å². The molecule has 0 aliphatic carbocycles. The molecular formula is C21H24O6S. The summed E-state index contributed by atoms with van der Waals surface area (Å²) in [6.45, 7) is 2.29. The van der Waals surface area contributed by atoms with E-state index in [0.717, 1.165) is 21.8 Å². The fourth-order valence-corrected chi connectivity index (χ4v) is 4.42. The minimum absolute atomic E-state index is 0.274. The van der Waals surface area contributed by atoms with E-state index in [4.69, 9.17) is 18.9 Å². The average molecular weight is 404 g/mol. The second kappa shape index (κ2) is 8.41. The Labute approximate surface area is 168 Å². The van der Waals surface area contributed by atoms with E-state index in [1.54, 1.807) is 7.11 Å². The largest absolute Gasteiger partial charge is 0.497 e. The lowest BCUT2D eigenvalue weighted by Crippen LogP contribution is -2.60. The lowest BCUT2D eigenvalue weighted by Gasteiger charge is -2.46. The Morgan fingerprint density at radius 3 is 2.36 bits per heavy atom. The first kappa shape index (κ1) is 19.7. The predicted molar refractivity (Wildman–Crippen MR) is 104 cm³/mol. The third kappa shape index (κ3) is 4.05. The molecule has 0 spiro atoms. The van der Waals surface area contributed by atoms with Crippen LogP contribution in [0.2, 0.25) is 0 Å². The summed E-state index contributed by atoms with van der Waals surface area (Å²) in [5, 5.41) is 21.3. The van der Waals surface area contributed by atoms with E-state index in [2.05, 4.69) is 0 Å². The molecular weight excluding hydrogens is 380 g/mol. The summed E-state index contributed by atoms with van der Waals surface area (Å²) < 4.78 is 22.9. The molecule has 6 atom stereocenters. The van der Waals surface area contributed by atoms with Crippen LogP contribution in [0, 0.1) is 6.92 Å². The number of aryl methyl sites for hydroxylation is 1. The topological polar surface area (TPSA) is 77.4 Å². The van der Waals surface area contributed by atoms with Gasteiger partial charge in [0.15, 0.2) is 6.29 Å². The van der Waals surface area contributed by atoms with Crippen LogP contribution in [0.5, 0.6) is 5.75 Å². The molecule has 6 nitrogen and oxygen atoms in total. The van der Waals surface area contributed by atoms with Crippen molar-refractivity contribution in [1.29, 1.82) is 0 Å². The number of methoxy groups -OCH3 is 1. The summed E-state index contributed by atoms with van der Waals surface area (Å²) in [6, 6.07) is 15.3. The summed E-state index contributed by atoms with van der Waals surface area (Å²) in [5.74, 6) is 0.741. The number of thioether (sulfide) groups is 1. The SMILES string of the molecule is COc1ccc(C2OC[C@H]3O[C@@H](Sc4ccc(C)cc4)[C@H](O)[C@@H](O)[C@@H]3O2)cc1. The maximum atomic E-state index is 10.7. The number of benzene rings is 2. The van der Waals surface area contributed by atoms with Gasteiger partial charge in [-0.2, -0.15) is 0 Å². The quantitative estimate of drug-likeness (QED) is 0.811. The molecule has 2 N–H and O–H groups in total. The van der Waals surface area contributed by atoms with Gasteiger partial charge in [-0.1, -0.05) is 41.6 Å². The van der Waals surface area contributed by atoms with Gasteiger partial charge >= 0.3 is 0 Å². The molecule has 28 heavy (non-hydrogen) atoms. The monoisotopic (exact) mass is 404 g/mol. The number of hydrogen-bond donors (Lipinski definition) is 2. The summed E-state index contributed by atoms with van der Waals surface area (Å²) in [5.41, 5.74) is 1.38. The Hall–Kier alpha value is -1.61. The number of aliphatic hydroxyl groups is 2. The van der Waals surface area contributed by atoms with Crippen LogP contribution in [0.15, 0.2) is 53.4 Å². The second-order valence-corrected chi connectivity index (χ2v) is 8.17. The van der Waals surface area contributed by atoms with Gasteiger partial charge in [0.05, 0.1) is 13.7 Å². The minimum Gasteiger partial charge on any atom is -0.497 e. The zero-order valence-electron chi connectivity index (χ0n) is 15.7. The third-order valence-electron chi connectivity index (χ3n) is 4.99. The highest BCUT2D eigenvalue weighted by atomic mass is 32.2. The van der Waals surface area contributed by atoms with Gasteiger partial charge in [0.1, 0.15) is 35.6 Å². The average Bonchev–Trinajstić information content (AvgIpc) is 2.73. The number of aliphatic hydroxyl groups excluding tert-OH is 2. The van der Waals surface area contributed by atoms with Crippen molar-refractivity contribution >= 4 is 11.8 Å².